The van der Waals surface area contributed by atoms with Crippen LogP contribution >= 0.6 is 0 Å². The van der Waals surface area contributed by atoms with Crippen molar-refractivity contribution in [1.82, 2.24) is 20.4 Å². The minimum Gasteiger partial charge on any atom is -0.491 e. The maximum atomic E-state index is 12.3. The van der Waals surface area contributed by atoms with Crippen LogP contribution < -0.4 is 15.4 Å². The molecule has 0 fully saturated rings. The first kappa shape index (κ1) is 18.9. The van der Waals surface area contributed by atoms with E-state index >= 15 is 0 Å². The second kappa shape index (κ2) is 8.22. The summed E-state index contributed by atoms with van der Waals surface area (Å²) in [5.41, 5.74) is 1.48. The number of β-amino-alcohol motifs (C(OH)–C–C–N with tert-alkyl or cyclic N) is 1. The molecule has 1 aromatic heterocycles. The summed E-state index contributed by atoms with van der Waals surface area (Å²) in [5.74, 6) is 0.101. The summed E-state index contributed by atoms with van der Waals surface area (Å²) in [4.78, 5) is 24.3. The molecule has 27 heavy (non-hydrogen) atoms. The van der Waals surface area contributed by atoms with Gasteiger partial charge in [-0.05, 0) is 38.0 Å². The zero-order valence-electron chi connectivity index (χ0n) is 15.4. The molecule has 2 heterocycles. The van der Waals surface area contributed by atoms with Crippen molar-refractivity contribution in [1.29, 1.82) is 0 Å². The van der Waals surface area contributed by atoms with Gasteiger partial charge in [0.2, 0.25) is 0 Å². The fraction of sp³-hybridized carbons (Fsp3) is 0.421. The second-order valence-electron chi connectivity index (χ2n) is 6.78. The molecule has 0 saturated carbocycles. The molecular weight excluding hydrogens is 348 g/mol. The average molecular weight is 372 g/mol. The number of nitrogens with one attached hydrogen (secondary N) is 2. The predicted molar refractivity (Wildman–Crippen MR) is 98.8 cm³/mol. The van der Waals surface area contributed by atoms with Crippen molar-refractivity contribution < 1.29 is 19.4 Å². The third kappa shape index (κ3) is 4.85. The molecule has 1 aromatic carbocycles. The maximum Gasteiger partial charge on any atom is 0.271 e. The number of fused-ring (bicyclic) bond motifs is 1. The van der Waals surface area contributed by atoms with Crippen LogP contribution in [-0.4, -0.2) is 52.0 Å². The Hall–Kier alpha value is -2.87. The molecule has 1 atom stereocenters. The van der Waals surface area contributed by atoms with Gasteiger partial charge in [0.25, 0.3) is 11.8 Å². The van der Waals surface area contributed by atoms with Gasteiger partial charge in [-0.2, -0.15) is 5.10 Å². The molecular formula is C19H24N4O4. The number of carbonyl (C=O) groups excluding carboxylic acids is 2. The quantitative estimate of drug-likeness (QED) is 0.694. The van der Waals surface area contributed by atoms with Gasteiger partial charge in [0.1, 0.15) is 11.4 Å². The lowest BCUT2D eigenvalue weighted by molar-refractivity contribution is 0.0931. The molecule has 1 aliphatic heterocycles. The normalized spacial score (nSPS) is 16.4. The Labute approximate surface area is 157 Å². The summed E-state index contributed by atoms with van der Waals surface area (Å²) in [6.07, 6.45) is 0.0199. The van der Waals surface area contributed by atoms with E-state index in [1.54, 1.807) is 0 Å². The number of aliphatic hydroxyl groups excluding tert-OH is 1. The summed E-state index contributed by atoms with van der Waals surface area (Å²) < 4.78 is 7.04. The summed E-state index contributed by atoms with van der Waals surface area (Å²) in [6, 6.07) is 9.20. The van der Waals surface area contributed by atoms with Gasteiger partial charge in [0, 0.05) is 19.2 Å². The number of hydrogen-bond acceptors (Lipinski definition) is 5. The van der Waals surface area contributed by atoms with Crippen LogP contribution in [0.4, 0.5) is 0 Å². The number of ether oxygens (including phenoxy) is 1. The van der Waals surface area contributed by atoms with E-state index in [-0.39, 0.29) is 42.4 Å². The van der Waals surface area contributed by atoms with Gasteiger partial charge in [0.15, 0.2) is 5.69 Å². The first-order valence-corrected chi connectivity index (χ1v) is 9.00. The Balaban J connectivity index is 1.58. The third-order valence-corrected chi connectivity index (χ3v) is 4.10. The number of rotatable bonds is 6. The zero-order chi connectivity index (χ0) is 19.4. The molecule has 0 radical (unpaired) electrons. The fourth-order valence-corrected chi connectivity index (χ4v) is 2.87. The first-order valence-electron chi connectivity index (χ1n) is 9.00. The monoisotopic (exact) mass is 372 g/mol. The van der Waals surface area contributed by atoms with Crippen LogP contribution in [0.2, 0.25) is 0 Å². The molecule has 0 spiro atoms. The van der Waals surface area contributed by atoms with Crippen LogP contribution in [0.3, 0.4) is 0 Å². The van der Waals surface area contributed by atoms with Crippen molar-refractivity contribution in [3.05, 3.63) is 47.3 Å². The van der Waals surface area contributed by atoms with Crippen molar-refractivity contribution >= 4 is 11.8 Å². The molecule has 2 aromatic rings. The molecule has 8 nitrogen and oxygen atoms in total. The highest BCUT2D eigenvalue weighted by molar-refractivity contribution is 5.98. The van der Waals surface area contributed by atoms with Crippen LogP contribution in [0.5, 0.6) is 5.75 Å². The van der Waals surface area contributed by atoms with Crippen molar-refractivity contribution in [2.45, 2.75) is 39.0 Å². The predicted octanol–water partition coefficient (Wildman–Crippen LogP) is 0.747. The van der Waals surface area contributed by atoms with Crippen molar-refractivity contribution in [3.8, 4) is 5.75 Å². The van der Waals surface area contributed by atoms with Crippen LogP contribution in [-0.2, 0) is 13.0 Å². The summed E-state index contributed by atoms with van der Waals surface area (Å²) in [7, 11) is 0. The minimum absolute atomic E-state index is 0.104. The zero-order valence-corrected chi connectivity index (χ0v) is 15.4. The lowest BCUT2D eigenvalue weighted by Crippen LogP contribution is -2.30. The van der Waals surface area contributed by atoms with E-state index in [2.05, 4.69) is 15.7 Å². The first-order chi connectivity index (χ1) is 12.9. The standard InChI is InChI=1S/C19H24N4O4/c1-12(2)27-15-5-3-4-13(8-15)6-7-20-18(25)16-9-17-19(26)21-10-14(24)11-23(17)22-16/h3-5,8-9,12,14,24H,6-7,10-11H2,1-2H3,(H,20,25)(H,21,26). The van der Waals surface area contributed by atoms with E-state index in [1.165, 1.54) is 10.7 Å². The summed E-state index contributed by atoms with van der Waals surface area (Å²) in [6.45, 7) is 4.71. The topological polar surface area (TPSA) is 105 Å². The Kier molecular flexibility index (Phi) is 5.75. The smallest absolute Gasteiger partial charge is 0.271 e. The fourth-order valence-electron chi connectivity index (χ4n) is 2.87. The molecule has 144 valence electrons. The van der Waals surface area contributed by atoms with Gasteiger partial charge in [-0.15, -0.1) is 0 Å². The highest BCUT2D eigenvalue weighted by Crippen LogP contribution is 2.15. The molecule has 8 heteroatoms. The lowest BCUT2D eigenvalue weighted by Gasteiger charge is -2.11. The number of hydrogen-bond donors (Lipinski definition) is 3. The third-order valence-electron chi connectivity index (χ3n) is 4.10. The van der Waals surface area contributed by atoms with E-state index in [0.29, 0.717) is 13.0 Å². The van der Waals surface area contributed by atoms with Crippen LogP contribution in [0, 0.1) is 0 Å². The van der Waals surface area contributed by atoms with E-state index in [9.17, 15) is 14.7 Å². The van der Waals surface area contributed by atoms with Crippen LogP contribution in [0.15, 0.2) is 30.3 Å². The number of amides is 2. The second-order valence-corrected chi connectivity index (χ2v) is 6.78. The maximum absolute atomic E-state index is 12.3. The number of aromatic nitrogens is 2. The van der Waals surface area contributed by atoms with E-state index in [4.69, 9.17) is 4.74 Å². The molecule has 0 saturated heterocycles. The minimum atomic E-state index is -0.730. The Bertz CT molecular complexity index is 831. The number of carbonyl (C=O) groups is 2. The Morgan fingerprint density at radius 2 is 2.26 bits per heavy atom. The molecule has 3 rings (SSSR count). The van der Waals surface area contributed by atoms with Gasteiger partial charge >= 0.3 is 0 Å². The van der Waals surface area contributed by atoms with Gasteiger partial charge in [-0.3, -0.25) is 14.3 Å². The molecule has 2 amide bonds. The van der Waals surface area contributed by atoms with Crippen LogP contribution in [0.1, 0.15) is 40.4 Å². The molecule has 3 N–H and O–H groups in total. The number of nitrogens with zero attached hydrogens (tertiary/aromatic N) is 2. The van der Waals surface area contributed by atoms with Gasteiger partial charge in [0.05, 0.1) is 18.8 Å². The van der Waals surface area contributed by atoms with Gasteiger partial charge < -0.3 is 20.5 Å². The van der Waals surface area contributed by atoms with E-state index < -0.39 is 6.10 Å². The lowest BCUT2D eigenvalue weighted by atomic mass is 10.1. The van der Waals surface area contributed by atoms with Gasteiger partial charge in [-0.1, -0.05) is 12.1 Å². The SMILES string of the molecule is CC(C)Oc1cccc(CCNC(=O)c2cc3n(n2)CC(O)CNC3=O)c1. The van der Waals surface area contributed by atoms with Crippen molar-refractivity contribution in [2.75, 3.05) is 13.1 Å². The van der Waals surface area contributed by atoms with Gasteiger partial charge in [-0.25, -0.2) is 0 Å². The van der Waals surface area contributed by atoms with Crippen molar-refractivity contribution in [3.63, 3.8) is 0 Å². The highest BCUT2D eigenvalue weighted by Gasteiger charge is 2.24. The molecule has 0 bridgehead atoms. The largest absolute Gasteiger partial charge is 0.491 e. The Morgan fingerprint density at radius 3 is 3.04 bits per heavy atom. The summed E-state index contributed by atoms with van der Waals surface area (Å²) >= 11 is 0. The highest BCUT2D eigenvalue weighted by atomic mass is 16.5. The number of aliphatic hydroxyl groups is 1. The number of benzene rings is 1. The van der Waals surface area contributed by atoms with E-state index in [1.807, 2.05) is 38.1 Å². The van der Waals surface area contributed by atoms with Crippen LogP contribution in [0.25, 0.3) is 0 Å². The molecule has 1 aliphatic rings. The summed E-state index contributed by atoms with van der Waals surface area (Å²) in [5, 5.41) is 19.3. The van der Waals surface area contributed by atoms with Crippen molar-refractivity contribution in [2.24, 2.45) is 0 Å². The van der Waals surface area contributed by atoms with E-state index in [0.717, 1.165) is 11.3 Å². The average Bonchev–Trinajstić information content (AvgIpc) is 2.98. The molecule has 0 aliphatic carbocycles. The Morgan fingerprint density at radius 1 is 1.44 bits per heavy atom. The molecule has 1 unspecified atom stereocenters.